The van der Waals surface area contributed by atoms with Crippen molar-refractivity contribution in [3.05, 3.63) is 35.6 Å². The van der Waals surface area contributed by atoms with Crippen LogP contribution in [-0.2, 0) is 0 Å². The van der Waals surface area contributed by atoms with Crippen LogP contribution < -0.4 is 5.32 Å². The number of benzene rings is 1. The SMILES string of the molecule is CC(CO)N(C)C(=O)NC(c1ccc(F)cc1)C1CCC1. The molecule has 1 fully saturated rings. The Hall–Kier alpha value is -1.62. The minimum absolute atomic E-state index is 0.0748. The third kappa shape index (κ3) is 3.73. The number of carbonyl (C=O) groups excluding carboxylic acids is 1. The predicted octanol–water partition coefficient (Wildman–Crippen LogP) is 2.69. The highest BCUT2D eigenvalue weighted by Crippen LogP contribution is 2.37. The van der Waals surface area contributed by atoms with Gasteiger partial charge in [-0.25, -0.2) is 9.18 Å². The maximum Gasteiger partial charge on any atom is 0.317 e. The molecule has 1 aliphatic rings. The number of likely N-dealkylation sites (N-methyl/N-ethyl adjacent to an activating group) is 1. The molecule has 0 saturated heterocycles. The van der Waals surface area contributed by atoms with E-state index in [-0.39, 0.29) is 30.5 Å². The van der Waals surface area contributed by atoms with Crippen LogP contribution in [0.2, 0.25) is 0 Å². The zero-order chi connectivity index (χ0) is 15.4. The zero-order valence-electron chi connectivity index (χ0n) is 12.6. The monoisotopic (exact) mass is 294 g/mol. The smallest absolute Gasteiger partial charge is 0.317 e. The number of nitrogens with one attached hydrogen (secondary N) is 1. The summed E-state index contributed by atoms with van der Waals surface area (Å²) < 4.78 is 13.1. The summed E-state index contributed by atoms with van der Waals surface area (Å²) in [6.07, 6.45) is 3.31. The molecule has 0 bridgehead atoms. The van der Waals surface area contributed by atoms with Crippen molar-refractivity contribution in [3.63, 3.8) is 0 Å². The summed E-state index contributed by atoms with van der Waals surface area (Å²) in [5, 5.41) is 12.2. The molecule has 2 unspecified atom stereocenters. The second kappa shape index (κ2) is 6.89. The summed E-state index contributed by atoms with van der Waals surface area (Å²) in [5.41, 5.74) is 0.930. The molecule has 1 aromatic carbocycles. The normalized spacial score (nSPS) is 17.7. The van der Waals surface area contributed by atoms with Gasteiger partial charge in [-0.1, -0.05) is 18.6 Å². The van der Waals surface area contributed by atoms with Gasteiger partial charge in [0.15, 0.2) is 0 Å². The first-order valence-corrected chi connectivity index (χ1v) is 7.42. The van der Waals surface area contributed by atoms with Crippen molar-refractivity contribution >= 4 is 6.03 Å². The number of nitrogens with zero attached hydrogens (tertiary/aromatic N) is 1. The van der Waals surface area contributed by atoms with Crippen molar-refractivity contribution in [2.75, 3.05) is 13.7 Å². The molecule has 0 aliphatic heterocycles. The van der Waals surface area contributed by atoms with E-state index in [1.807, 2.05) is 0 Å². The molecular weight excluding hydrogens is 271 g/mol. The van der Waals surface area contributed by atoms with Gasteiger partial charge in [0.25, 0.3) is 0 Å². The Morgan fingerprint density at radius 3 is 2.52 bits per heavy atom. The van der Waals surface area contributed by atoms with Crippen LogP contribution in [0.15, 0.2) is 24.3 Å². The van der Waals surface area contributed by atoms with E-state index in [4.69, 9.17) is 5.11 Å². The van der Waals surface area contributed by atoms with Crippen molar-refractivity contribution in [1.82, 2.24) is 10.2 Å². The van der Waals surface area contributed by atoms with Crippen LogP contribution in [0.1, 0.15) is 37.8 Å². The number of aliphatic hydroxyl groups is 1. The number of hydrogen-bond acceptors (Lipinski definition) is 2. The number of hydrogen-bond donors (Lipinski definition) is 2. The topological polar surface area (TPSA) is 52.6 Å². The fourth-order valence-electron chi connectivity index (χ4n) is 2.47. The van der Waals surface area contributed by atoms with Crippen molar-refractivity contribution < 1.29 is 14.3 Å². The summed E-state index contributed by atoms with van der Waals surface area (Å²) in [4.78, 5) is 13.8. The molecule has 0 aromatic heterocycles. The fourth-order valence-corrected chi connectivity index (χ4v) is 2.47. The summed E-state index contributed by atoms with van der Waals surface area (Å²) in [7, 11) is 1.67. The number of rotatable bonds is 5. The fraction of sp³-hybridized carbons (Fsp3) is 0.562. The number of urea groups is 1. The molecule has 2 amide bonds. The summed E-state index contributed by atoms with van der Waals surface area (Å²) in [5.74, 6) is 0.126. The van der Waals surface area contributed by atoms with E-state index in [1.54, 1.807) is 26.1 Å². The Morgan fingerprint density at radius 1 is 1.43 bits per heavy atom. The molecule has 0 spiro atoms. The molecule has 1 aliphatic carbocycles. The lowest BCUT2D eigenvalue weighted by Crippen LogP contribution is -2.47. The molecule has 0 heterocycles. The molecule has 116 valence electrons. The molecular formula is C16H23FN2O2. The maximum absolute atomic E-state index is 13.1. The minimum Gasteiger partial charge on any atom is -0.394 e. The van der Waals surface area contributed by atoms with Crippen LogP contribution in [0.3, 0.4) is 0 Å². The molecule has 1 aromatic rings. The Bertz CT molecular complexity index is 474. The Morgan fingerprint density at radius 2 is 2.05 bits per heavy atom. The van der Waals surface area contributed by atoms with Crippen molar-refractivity contribution in [1.29, 1.82) is 0 Å². The van der Waals surface area contributed by atoms with Gasteiger partial charge in [-0.2, -0.15) is 0 Å². The largest absolute Gasteiger partial charge is 0.394 e. The highest BCUT2D eigenvalue weighted by atomic mass is 19.1. The third-order valence-corrected chi connectivity index (χ3v) is 4.38. The Labute approximate surface area is 125 Å². The highest BCUT2D eigenvalue weighted by molar-refractivity contribution is 5.74. The minimum atomic E-state index is -0.275. The summed E-state index contributed by atoms with van der Waals surface area (Å²) >= 11 is 0. The first-order chi connectivity index (χ1) is 10.0. The second-order valence-electron chi connectivity index (χ2n) is 5.81. The molecule has 21 heavy (non-hydrogen) atoms. The first-order valence-electron chi connectivity index (χ1n) is 7.42. The molecule has 1 saturated carbocycles. The van der Waals surface area contributed by atoms with Gasteiger partial charge in [-0.05, 0) is 43.4 Å². The van der Waals surface area contributed by atoms with Crippen molar-refractivity contribution in [2.45, 2.75) is 38.3 Å². The van der Waals surface area contributed by atoms with E-state index in [2.05, 4.69) is 5.32 Å². The molecule has 0 radical (unpaired) electrons. The lowest BCUT2D eigenvalue weighted by Gasteiger charge is -2.36. The van der Waals surface area contributed by atoms with Gasteiger partial charge in [0.2, 0.25) is 0 Å². The van der Waals surface area contributed by atoms with Gasteiger partial charge in [0.1, 0.15) is 5.82 Å². The molecule has 5 heteroatoms. The Kier molecular flexibility index (Phi) is 5.17. The van der Waals surface area contributed by atoms with E-state index in [0.29, 0.717) is 5.92 Å². The highest BCUT2D eigenvalue weighted by Gasteiger charge is 2.31. The summed E-state index contributed by atoms with van der Waals surface area (Å²) in [6, 6.07) is 5.76. The van der Waals surface area contributed by atoms with E-state index < -0.39 is 0 Å². The zero-order valence-corrected chi connectivity index (χ0v) is 12.6. The van der Waals surface area contributed by atoms with Crippen molar-refractivity contribution in [2.24, 2.45) is 5.92 Å². The lowest BCUT2D eigenvalue weighted by atomic mass is 9.77. The van der Waals surface area contributed by atoms with Crippen LogP contribution in [0.4, 0.5) is 9.18 Å². The number of amides is 2. The number of halogens is 1. The van der Waals surface area contributed by atoms with E-state index in [0.717, 1.165) is 18.4 Å². The lowest BCUT2D eigenvalue weighted by molar-refractivity contribution is 0.146. The average molecular weight is 294 g/mol. The van der Waals surface area contributed by atoms with Crippen LogP contribution in [0, 0.1) is 11.7 Å². The predicted molar refractivity (Wildman–Crippen MR) is 79.3 cm³/mol. The average Bonchev–Trinajstić information content (AvgIpc) is 2.43. The van der Waals surface area contributed by atoms with E-state index >= 15 is 0 Å². The van der Waals surface area contributed by atoms with Crippen LogP contribution in [0.5, 0.6) is 0 Å². The van der Waals surface area contributed by atoms with Gasteiger partial charge in [-0.15, -0.1) is 0 Å². The maximum atomic E-state index is 13.1. The van der Waals surface area contributed by atoms with Crippen LogP contribution >= 0.6 is 0 Å². The standard InChI is InChI=1S/C16H23FN2O2/c1-11(10-20)19(2)16(21)18-15(12-4-3-5-12)13-6-8-14(17)9-7-13/h6-9,11-12,15,20H,3-5,10H2,1-2H3,(H,18,21). The summed E-state index contributed by atoms with van der Waals surface area (Å²) in [6.45, 7) is 1.71. The van der Waals surface area contributed by atoms with Crippen LogP contribution in [0.25, 0.3) is 0 Å². The Balaban J connectivity index is 2.10. The van der Waals surface area contributed by atoms with Crippen molar-refractivity contribution in [3.8, 4) is 0 Å². The number of aliphatic hydroxyl groups excluding tert-OH is 1. The van der Waals surface area contributed by atoms with Crippen LogP contribution in [-0.4, -0.2) is 35.7 Å². The molecule has 2 N–H and O–H groups in total. The molecule has 2 atom stereocenters. The van der Waals surface area contributed by atoms with E-state index in [9.17, 15) is 9.18 Å². The molecule has 4 nitrogen and oxygen atoms in total. The molecule has 2 rings (SSSR count). The second-order valence-corrected chi connectivity index (χ2v) is 5.81. The van der Waals surface area contributed by atoms with Gasteiger partial charge < -0.3 is 15.3 Å². The number of carbonyl (C=O) groups is 1. The van der Waals surface area contributed by atoms with E-state index in [1.165, 1.54) is 23.5 Å². The third-order valence-electron chi connectivity index (χ3n) is 4.38. The van der Waals surface area contributed by atoms with Gasteiger partial charge in [0.05, 0.1) is 18.7 Å². The first kappa shape index (κ1) is 15.8. The van der Waals surface area contributed by atoms with Gasteiger partial charge in [-0.3, -0.25) is 0 Å². The quantitative estimate of drug-likeness (QED) is 0.877. The van der Waals surface area contributed by atoms with Gasteiger partial charge >= 0.3 is 6.03 Å². The van der Waals surface area contributed by atoms with Gasteiger partial charge in [0, 0.05) is 7.05 Å².